The lowest BCUT2D eigenvalue weighted by molar-refractivity contribution is 0.100. The number of carbonyl (C=O) groups excluding carboxylic acids is 1. The van der Waals surface area contributed by atoms with Crippen LogP contribution < -0.4 is 11.1 Å². The first-order chi connectivity index (χ1) is 9.74. The summed E-state index contributed by atoms with van der Waals surface area (Å²) in [6.45, 7) is 0. The summed E-state index contributed by atoms with van der Waals surface area (Å²) in [5.41, 5.74) is 8.52. The Hall–Kier alpha value is -2.88. The smallest absolute Gasteiger partial charge is 0.248 e. The molecule has 3 N–H and O–H groups in total. The first-order valence-corrected chi connectivity index (χ1v) is 6.25. The number of nitrogens with one attached hydrogen (secondary N) is 1. The maximum Gasteiger partial charge on any atom is 0.248 e. The third kappa shape index (κ3) is 2.31. The Kier molecular flexibility index (Phi) is 3.05. The second kappa shape index (κ2) is 5.01. The number of para-hydroxylation sites is 1. The van der Waals surface area contributed by atoms with Crippen molar-refractivity contribution in [3.63, 3.8) is 0 Å². The van der Waals surface area contributed by atoms with E-state index in [0.717, 1.165) is 22.3 Å². The number of benzene rings is 2. The van der Waals surface area contributed by atoms with E-state index in [-0.39, 0.29) is 0 Å². The van der Waals surface area contributed by atoms with Gasteiger partial charge in [0.05, 0.1) is 5.52 Å². The maximum absolute atomic E-state index is 11.0. The molecule has 0 aliphatic heterocycles. The first kappa shape index (κ1) is 12.2. The van der Waals surface area contributed by atoms with Gasteiger partial charge < -0.3 is 11.1 Å². The van der Waals surface area contributed by atoms with Crippen LogP contribution in [0.3, 0.4) is 0 Å². The molecule has 0 saturated heterocycles. The molecule has 0 aliphatic carbocycles. The zero-order chi connectivity index (χ0) is 13.9. The van der Waals surface area contributed by atoms with Gasteiger partial charge in [0.1, 0.15) is 0 Å². The van der Waals surface area contributed by atoms with Gasteiger partial charge in [-0.05, 0) is 36.4 Å². The number of hydrogen-bond donors (Lipinski definition) is 2. The minimum Gasteiger partial charge on any atom is -0.366 e. The lowest BCUT2D eigenvalue weighted by Gasteiger charge is -2.09. The van der Waals surface area contributed by atoms with Crippen molar-refractivity contribution in [3.05, 3.63) is 66.4 Å². The van der Waals surface area contributed by atoms with Crippen LogP contribution in [0.5, 0.6) is 0 Å². The van der Waals surface area contributed by atoms with E-state index < -0.39 is 5.91 Å². The average Bonchev–Trinajstić information content (AvgIpc) is 2.48. The summed E-state index contributed by atoms with van der Waals surface area (Å²) >= 11 is 0. The van der Waals surface area contributed by atoms with E-state index in [2.05, 4.69) is 10.3 Å². The molecule has 0 saturated carbocycles. The molecule has 1 aromatic heterocycles. The van der Waals surface area contributed by atoms with E-state index >= 15 is 0 Å². The fourth-order valence-electron chi connectivity index (χ4n) is 2.08. The molecule has 0 radical (unpaired) electrons. The molecule has 1 amide bonds. The highest BCUT2D eigenvalue weighted by Crippen LogP contribution is 2.24. The summed E-state index contributed by atoms with van der Waals surface area (Å²) in [5, 5.41) is 4.37. The van der Waals surface area contributed by atoms with Gasteiger partial charge in [0.15, 0.2) is 0 Å². The predicted molar refractivity (Wildman–Crippen MR) is 80.0 cm³/mol. The summed E-state index contributed by atoms with van der Waals surface area (Å²) in [4.78, 5) is 15.4. The van der Waals surface area contributed by atoms with E-state index in [4.69, 9.17) is 5.73 Å². The number of pyridine rings is 1. The number of hydrogen-bond acceptors (Lipinski definition) is 3. The number of rotatable bonds is 3. The summed E-state index contributed by atoms with van der Waals surface area (Å²) in [6, 6.07) is 16.9. The number of fused-ring (bicyclic) bond motifs is 1. The molecule has 0 fully saturated rings. The summed E-state index contributed by atoms with van der Waals surface area (Å²) in [7, 11) is 0. The maximum atomic E-state index is 11.0. The number of amides is 1. The Morgan fingerprint density at radius 2 is 1.75 bits per heavy atom. The fraction of sp³-hybridized carbons (Fsp3) is 0. The van der Waals surface area contributed by atoms with Crippen LogP contribution in [0.2, 0.25) is 0 Å². The zero-order valence-electron chi connectivity index (χ0n) is 10.7. The third-order valence-electron chi connectivity index (χ3n) is 3.10. The third-order valence-corrected chi connectivity index (χ3v) is 3.10. The van der Waals surface area contributed by atoms with Gasteiger partial charge in [0.25, 0.3) is 0 Å². The van der Waals surface area contributed by atoms with E-state index in [1.54, 1.807) is 18.3 Å². The second-order valence-corrected chi connectivity index (χ2v) is 4.44. The predicted octanol–water partition coefficient (Wildman–Crippen LogP) is 3.08. The van der Waals surface area contributed by atoms with Gasteiger partial charge in [0, 0.05) is 28.5 Å². The van der Waals surface area contributed by atoms with E-state index in [1.807, 2.05) is 42.5 Å². The molecule has 3 rings (SSSR count). The highest BCUT2D eigenvalue weighted by atomic mass is 16.1. The molecule has 0 aliphatic rings. The van der Waals surface area contributed by atoms with Crippen LogP contribution in [0.4, 0.5) is 11.4 Å². The van der Waals surface area contributed by atoms with Crippen molar-refractivity contribution in [2.24, 2.45) is 5.73 Å². The van der Waals surface area contributed by atoms with Gasteiger partial charge >= 0.3 is 0 Å². The molecular weight excluding hydrogens is 250 g/mol. The van der Waals surface area contributed by atoms with E-state index in [0.29, 0.717) is 5.56 Å². The van der Waals surface area contributed by atoms with E-state index in [9.17, 15) is 4.79 Å². The Morgan fingerprint density at radius 3 is 2.50 bits per heavy atom. The number of nitrogens with zero attached hydrogens (tertiary/aromatic N) is 1. The highest BCUT2D eigenvalue weighted by molar-refractivity contribution is 5.94. The number of primary amides is 1. The van der Waals surface area contributed by atoms with Gasteiger partial charge in [-0.25, -0.2) is 0 Å². The molecule has 3 aromatic rings. The van der Waals surface area contributed by atoms with Crippen LogP contribution >= 0.6 is 0 Å². The molecule has 0 atom stereocenters. The van der Waals surface area contributed by atoms with Gasteiger partial charge in [-0.3, -0.25) is 9.78 Å². The van der Waals surface area contributed by atoms with Gasteiger partial charge in [-0.1, -0.05) is 18.2 Å². The SMILES string of the molecule is NC(=O)c1ccc(Nc2ccnc3ccccc23)cc1. The van der Waals surface area contributed by atoms with E-state index in [1.165, 1.54) is 0 Å². The molecule has 2 aromatic carbocycles. The normalized spacial score (nSPS) is 10.4. The Balaban J connectivity index is 1.95. The highest BCUT2D eigenvalue weighted by Gasteiger charge is 2.03. The van der Waals surface area contributed by atoms with Crippen molar-refractivity contribution in [2.45, 2.75) is 0 Å². The number of nitrogens with two attached hydrogens (primary N) is 1. The fourth-order valence-corrected chi connectivity index (χ4v) is 2.08. The van der Waals surface area contributed by atoms with Gasteiger partial charge in [0.2, 0.25) is 5.91 Å². The van der Waals surface area contributed by atoms with Crippen molar-refractivity contribution < 1.29 is 4.79 Å². The minimum atomic E-state index is -0.425. The van der Waals surface area contributed by atoms with Crippen LogP contribution in [0, 0.1) is 0 Å². The van der Waals surface area contributed by atoms with Crippen molar-refractivity contribution in [3.8, 4) is 0 Å². The van der Waals surface area contributed by atoms with Crippen molar-refractivity contribution in [2.75, 3.05) is 5.32 Å². The van der Waals surface area contributed by atoms with Crippen LogP contribution in [0.1, 0.15) is 10.4 Å². The molecule has 0 spiro atoms. The number of anilines is 2. The summed E-state index contributed by atoms with van der Waals surface area (Å²) in [5.74, 6) is -0.425. The van der Waals surface area contributed by atoms with Gasteiger partial charge in [-0.2, -0.15) is 0 Å². The largest absolute Gasteiger partial charge is 0.366 e. The van der Waals surface area contributed by atoms with Crippen LogP contribution in [0.25, 0.3) is 10.9 Å². The summed E-state index contributed by atoms with van der Waals surface area (Å²) < 4.78 is 0. The molecule has 1 heterocycles. The molecule has 4 nitrogen and oxygen atoms in total. The van der Waals surface area contributed by atoms with Crippen molar-refractivity contribution in [1.29, 1.82) is 0 Å². The molecule has 0 bridgehead atoms. The van der Waals surface area contributed by atoms with Gasteiger partial charge in [-0.15, -0.1) is 0 Å². The Labute approximate surface area is 116 Å². The van der Waals surface area contributed by atoms with Crippen LogP contribution in [-0.2, 0) is 0 Å². The van der Waals surface area contributed by atoms with Crippen LogP contribution in [-0.4, -0.2) is 10.9 Å². The monoisotopic (exact) mass is 263 g/mol. The zero-order valence-corrected chi connectivity index (χ0v) is 10.7. The minimum absolute atomic E-state index is 0.425. The standard InChI is InChI=1S/C16H13N3O/c17-16(20)11-5-7-12(8-6-11)19-15-9-10-18-14-4-2-1-3-13(14)15/h1-10H,(H2,17,20)(H,18,19). The number of aromatic nitrogens is 1. The Bertz CT molecular complexity index is 761. The average molecular weight is 263 g/mol. The number of carbonyl (C=O) groups is 1. The molecule has 98 valence electrons. The summed E-state index contributed by atoms with van der Waals surface area (Å²) in [6.07, 6.45) is 1.77. The van der Waals surface area contributed by atoms with Crippen LogP contribution in [0.15, 0.2) is 60.8 Å². The Morgan fingerprint density at radius 1 is 1.00 bits per heavy atom. The van der Waals surface area contributed by atoms with Crippen molar-refractivity contribution in [1.82, 2.24) is 4.98 Å². The molecule has 20 heavy (non-hydrogen) atoms. The first-order valence-electron chi connectivity index (χ1n) is 6.25. The molecule has 0 unspecified atom stereocenters. The molecule has 4 heteroatoms. The lowest BCUT2D eigenvalue weighted by Crippen LogP contribution is -2.10. The molecular formula is C16H13N3O. The quantitative estimate of drug-likeness (QED) is 0.763. The van der Waals surface area contributed by atoms with Crippen molar-refractivity contribution >= 4 is 28.2 Å². The topological polar surface area (TPSA) is 68.0 Å². The second-order valence-electron chi connectivity index (χ2n) is 4.44. The lowest BCUT2D eigenvalue weighted by atomic mass is 10.1.